The Morgan fingerprint density at radius 1 is 1.35 bits per heavy atom. The minimum atomic E-state index is 0.307. The average molecular weight is 363 g/mol. The summed E-state index contributed by atoms with van der Waals surface area (Å²) in [5, 5.41) is 0.488. The Hall–Kier alpha value is -0.690. The van der Waals surface area contributed by atoms with Crippen LogP contribution in [0.3, 0.4) is 0 Å². The van der Waals surface area contributed by atoms with Gasteiger partial charge in [0.1, 0.15) is 5.15 Å². The quantitative estimate of drug-likeness (QED) is 0.608. The zero-order chi connectivity index (χ0) is 12.6. The largest absolute Gasteiger partial charge is 0.331 e. The van der Waals surface area contributed by atoms with Crippen molar-refractivity contribution in [2.45, 2.75) is 19.8 Å². The van der Waals surface area contributed by atoms with E-state index in [2.05, 4.69) is 51.4 Å². The molecule has 0 aliphatic heterocycles. The van der Waals surface area contributed by atoms with Gasteiger partial charge in [-0.25, -0.2) is 15.0 Å². The minimum absolute atomic E-state index is 0.307. The number of aryl methyl sites for hydroxylation is 1. The monoisotopic (exact) mass is 362 g/mol. The fourth-order valence-electron chi connectivity index (χ4n) is 1.50. The van der Waals surface area contributed by atoms with E-state index in [0.29, 0.717) is 16.9 Å². The molecule has 0 aromatic carbocycles. The van der Waals surface area contributed by atoms with Gasteiger partial charge in [0.05, 0.1) is 9.26 Å². The van der Waals surface area contributed by atoms with Crippen molar-refractivity contribution in [1.82, 2.24) is 19.5 Å². The van der Waals surface area contributed by atoms with Crippen LogP contribution in [-0.2, 0) is 7.05 Å². The molecule has 0 radical (unpaired) electrons. The lowest BCUT2D eigenvalue weighted by molar-refractivity contribution is 0.801. The Balaban J connectivity index is 2.61. The Bertz CT molecular complexity index is 550. The Labute approximate surface area is 119 Å². The molecule has 0 aliphatic rings. The lowest BCUT2D eigenvalue weighted by atomic mass is 10.1. The first-order chi connectivity index (χ1) is 8.00. The van der Waals surface area contributed by atoms with Crippen LogP contribution in [0.5, 0.6) is 0 Å². The van der Waals surface area contributed by atoms with Crippen LogP contribution in [0.4, 0.5) is 0 Å². The van der Waals surface area contributed by atoms with Crippen LogP contribution in [0.15, 0.2) is 12.4 Å². The third kappa shape index (κ3) is 2.44. The summed E-state index contributed by atoms with van der Waals surface area (Å²) in [5.74, 6) is 1.61. The predicted octanol–water partition coefficient (Wildman–Crippen LogP) is 3.26. The van der Waals surface area contributed by atoms with E-state index in [1.165, 1.54) is 0 Å². The van der Waals surface area contributed by atoms with E-state index in [1.807, 2.05) is 17.8 Å². The number of aromatic nitrogens is 4. The number of imidazole rings is 1. The van der Waals surface area contributed by atoms with E-state index in [-0.39, 0.29) is 0 Å². The number of nitrogens with zero attached hydrogens (tertiary/aromatic N) is 4. The van der Waals surface area contributed by atoms with Crippen molar-refractivity contribution >= 4 is 34.2 Å². The van der Waals surface area contributed by atoms with Gasteiger partial charge in [-0.05, 0) is 28.5 Å². The van der Waals surface area contributed by atoms with Crippen LogP contribution >= 0.6 is 34.2 Å². The van der Waals surface area contributed by atoms with Gasteiger partial charge in [0.25, 0.3) is 0 Å². The summed E-state index contributed by atoms with van der Waals surface area (Å²) in [6.45, 7) is 4.17. The highest BCUT2D eigenvalue weighted by molar-refractivity contribution is 14.1. The van der Waals surface area contributed by atoms with Gasteiger partial charge in [-0.1, -0.05) is 25.4 Å². The van der Waals surface area contributed by atoms with E-state index >= 15 is 0 Å². The summed E-state index contributed by atoms with van der Waals surface area (Å²) in [6.07, 6.45) is 3.58. The second-order valence-electron chi connectivity index (χ2n) is 4.05. The molecule has 0 N–H and O–H groups in total. The molecular weight excluding hydrogens is 351 g/mol. The smallest absolute Gasteiger partial charge is 0.197 e. The van der Waals surface area contributed by atoms with E-state index in [4.69, 9.17) is 11.6 Å². The van der Waals surface area contributed by atoms with Crippen molar-refractivity contribution in [3.8, 4) is 11.6 Å². The van der Waals surface area contributed by atoms with Crippen LogP contribution < -0.4 is 0 Å². The molecule has 2 aromatic rings. The first-order valence-corrected chi connectivity index (χ1v) is 6.67. The van der Waals surface area contributed by atoms with Gasteiger partial charge in [0, 0.05) is 19.4 Å². The topological polar surface area (TPSA) is 43.6 Å². The number of rotatable bonds is 2. The highest BCUT2D eigenvalue weighted by atomic mass is 127. The van der Waals surface area contributed by atoms with E-state index in [0.717, 1.165) is 15.1 Å². The molecule has 17 heavy (non-hydrogen) atoms. The fourth-order valence-corrected chi connectivity index (χ4v) is 2.54. The average Bonchev–Trinajstić information content (AvgIpc) is 2.68. The summed E-state index contributed by atoms with van der Waals surface area (Å²) in [4.78, 5) is 13.1. The molecule has 0 amide bonds. The van der Waals surface area contributed by atoms with Crippen molar-refractivity contribution in [1.29, 1.82) is 0 Å². The molecule has 0 unspecified atom stereocenters. The summed E-state index contributed by atoms with van der Waals surface area (Å²) in [7, 11) is 1.91. The van der Waals surface area contributed by atoms with Gasteiger partial charge in [-0.15, -0.1) is 0 Å². The van der Waals surface area contributed by atoms with E-state index < -0.39 is 0 Å². The number of hydrogen-bond donors (Lipinski definition) is 0. The van der Waals surface area contributed by atoms with Gasteiger partial charge < -0.3 is 4.57 Å². The molecule has 0 fully saturated rings. The van der Waals surface area contributed by atoms with E-state index in [9.17, 15) is 0 Å². The van der Waals surface area contributed by atoms with Crippen LogP contribution in [0.25, 0.3) is 11.6 Å². The molecular formula is C11H12ClIN4. The summed E-state index contributed by atoms with van der Waals surface area (Å²) in [6, 6.07) is 0. The van der Waals surface area contributed by atoms with Crippen LogP contribution in [0.2, 0.25) is 5.15 Å². The molecule has 0 atom stereocenters. The third-order valence-electron chi connectivity index (χ3n) is 2.40. The number of halogens is 2. The van der Waals surface area contributed by atoms with Crippen LogP contribution in [0.1, 0.15) is 25.5 Å². The van der Waals surface area contributed by atoms with Crippen molar-refractivity contribution in [3.63, 3.8) is 0 Å². The van der Waals surface area contributed by atoms with E-state index in [1.54, 1.807) is 6.20 Å². The molecule has 2 rings (SSSR count). The highest BCUT2D eigenvalue weighted by Crippen LogP contribution is 2.27. The lowest BCUT2D eigenvalue weighted by Crippen LogP contribution is -2.05. The lowest BCUT2D eigenvalue weighted by Gasteiger charge is -2.10. The number of hydrogen-bond acceptors (Lipinski definition) is 3. The van der Waals surface area contributed by atoms with Crippen molar-refractivity contribution in [2.24, 2.45) is 7.05 Å². The normalized spacial score (nSPS) is 11.2. The molecule has 2 aromatic heterocycles. The first-order valence-electron chi connectivity index (χ1n) is 5.21. The maximum atomic E-state index is 6.14. The Morgan fingerprint density at radius 3 is 2.59 bits per heavy atom. The SMILES string of the molecule is CC(C)c1nc(-c2nccn2C)nc(Cl)c1I. The zero-order valence-corrected chi connectivity index (χ0v) is 12.7. The molecule has 0 saturated carbocycles. The maximum absolute atomic E-state index is 6.14. The molecule has 4 nitrogen and oxygen atoms in total. The molecule has 6 heteroatoms. The summed E-state index contributed by atoms with van der Waals surface area (Å²) < 4.78 is 2.79. The second-order valence-corrected chi connectivity index (χ2v) is 5.49. The van der Waals surface area contributed by atoms with Gasteiger partial charge in [0.15, 0.2) is 11.6 Å². The first kappa shape index (κ1) is 12.8. The van der Waals surface area contributed by atoms with Crippen LogP contribution in [-0.4, -0.2) is 19.5 Å². The molecule has 0 spiro atoms. The van der Waals surface area contributed by atoms with Crippen molar-refractivity contribution < 1.29 is 0 Å². The zero-order valence-electron chi connectivity index (χ0n) is 9.78. The molecule has 0 bridgehead atoms. The molecule has 2 heterocycles. The third-order valence-corrected chi connectivity index (χ3v) is 4.06. The maximum Gasteiger partial charge on any atom is 0.197 e. The van der Waals surface area contributed by atoms with Gasteiger partial charge in [-0.2, -0.15) is 0 Å². The van der Waals surface area contributed by atoms with Gasteiger partial charge in [0.2, 0.25) is 0 Å². The highest BCUT2D eigenvalue weighted by Gasteiger charge is 2.16. The minimum Gasteiger partial charge on any atom is -0.331 e. The van der Waals surface area contributed by atoms with Crippen LogP contribution in [0, 0.1) is 3.57 Å². The predicted molar refractivity (Wildman–Crippen MR) is 76.1 cm³/mol. The van der Waals surface area contributed by atoms with Crippen molar-refractivity contribution in [3.05, 3.63) is 26.8 Å². The molecule has 0 aliphatic carbocycles. The second kappa shape index (κ2) is 4.89. The van der Waals surface area contributed by atoms with Crippen molar-refractivity contribution in [2.75, 3.05) is 0 Å². The summed E-state index contributed by atoms with van der Waals surface area (Å²) in [5.41, 5.74) is 0.962. The standard InChI is InChI=1S/C11H12ClIN4/c1-6(2)8-7(13)9(12)16-10(15-8)11-14-4-5-17(11)3/h4-6H,1-3H3. The molecule has 0 saturated heterocycles. The molecule has 90 valence electrons. The Kier molecular flexibility index (Phi) is 3.67. The van der Waals surface area contributed by atoms with Gasteiger partial charge >= 0.3 is 0 Å². The Morgan fingerprint density at radius 2 is 2.06 bits per heavy atom. The van der Waals surface area contributed by atoms with Gasteiger partial charge in [-0.3, -0.25) is 0 Å². The fraction of sp³-hybridized carbons (Fsp3) is 0.364. The summed E-state index contributed by atoms with van der Waals surface area (Å²) >= 11 is 8.32.